The molecule has 110 valence electrons. The molecule has 2 aliphatic rings. The van der Waals surface area contributed by atoms with Crippen LogP contribution in [0.2, 0.25) is 5.02 Å². The molecule has 1 aromatic rings. The first-order valence-electron chi connectivity index (χ1n) is 7.05. The van der Waals surface area contributed by atoms with Gasteiger partial charge in [-0.1, -0.05) is 11.6 Å². The van der Waals surface area contributed by atoms with E-state index in [-0.39, 0.29) is 17.8 Å². The van der Waals surface area contributed by atoms with E-state index >= 15 is 0 Å². The number of piperidine rings is 1. The minimum Gasteiger partial charge on any atom is -0.355 e. The molecule has 0 saturated carbocycles. The monoisotopic (exact) mass is 305 g/mol. The lowest BCUT2D eigenvalue weighted by molar-refractivity contribution is 0.189. The number of nitrogens with zero attached hydrogens (tertiary/aromatic N) is 4. The predicted octanol–water partition coefficient (Wildman–Crippen LogP) is 1.60. The van der Waals surface area contributed by atoms with Gasteiger partial charge in [0.15, 0.2) is 5.69 Å². The van der Waals surface area contributed by atoms with Crippen LogP contribution in [0.15, 0.2) is 12.1 Å². The van der Waals surface area contributed by atoms with E-state index in [0.29, 0.717) is 11.6 Å². The maximum Gasteiger partial charge on any atom is 0.317 e. The molecule has 1 atom stereocenters. The average molecular weight is 306 g/mol. The van der Waals surface area contributed by atoms with E-state index in [1.165, 1.54) is 0 Å². The first-order chi connectivity index (χ1) is 10.2. The number of urea groups is 1. The second kappa shape index (κ2) is 5.78. The number of halogens is 1. The molecule has 2 amide bonds. The fourth-order valence-corrected chi connectivity index (χ4v) is 3.09. The summed E-state index contributed by atoms with van der Waals surface area (Å²) in [5.74, 6) is 0.750. The summed E-state index contributed by atoms with van der Waals surface area (Å²) >= 11 is 5.92. The molecule has 2 fully saturated rings. The van der Waals surface area contributed by atoms with Gasteiger partial charge >= 0.3 is 6.03 Å². The Labute approximate surface area is 128 Å². The van der Waals surface area contributed by atoms with Crippen LogP contribution in [-0.4, -0.2) is 48.1 Å². The van der Waals surface area contributed by atoms with Crippen molar-refractivity contribution in [2.45, 2.75) is 18.9 Å². The standard InChI is InChI=1S/C14H16ClN5O/c15-11-3-4-13(18-12(11)8-16)19-6-1-2-10(9-19)20-7-5-17-14(20)21/h3-4,10H,1-2,5-7,9H2,(H,17,21). The zero-order valence-corrected chi connectivity index (χ0v) is 12.3. The third kappa shape index (κ3) is 2.74. The highest BCUT2D eigenvalue weighted by atomic mass is 35.5. The fourth-order valence-electron chi connectivity index (χ4n) is 2.94. The van der Waals surface area contributed by atoms with Crippen molar-refractivity contribution in [3.63, 3.8) is 0 Å². The Morgan fingerprint density at radius 1 is 1.43 bits per heavy atom. The molecule has 1 unspecified atom stereocenters. The van der Waals surface area contributed by atoms with Gasteiger partial charge < -0.3 is 15.1 Å². The molecule has 3 heterocycles. The molecule has 2 aliphatic heterocycles. The zero-order valence-electron chi connectivity index (χ0n) is 11.5. The molecule has 0 bridgehead atoms. The third-order valence-electron chi connectivity index (χ3n) is 3.99. The maximum absolute atomic E-state index is 11.8. The van der Waals surface area contributed by atoms with E-state index in [0.717, 1.165) is 38.3 Å². The molecule has 21 heavy (non-hydrogen) atoms. The van der Waals surface area contributed by atoms with Gasteiger partial charge in [0.1, 0.15) is 11.9 Å². The van der Waals surface area contributed by atoms with E-state index in [1.807, 2.05) is 17.0 Å². The molecular formula is C14H16ClN5O. The topological polar surface area (TPSA) is 72.3 Å². The van der Waals surface area contributed by atoms with Gasteiger partial charge in [-0.05, 0) is 25.0 Å². The van der Waals surface area contributed by atoms with Gasteiger partial charge in [-0.15, -0.1) is 0 Å². The summed E-state index contributed by atoms with van der Waals surface area (Å²) in [6.07, 6.45) is 2.00. The van der Waals surface area contributed by atoms with Crippen molar-refractivity contribution in [1.29, 1.82) is 5.26 Å². The smallest absolute Gasteiger partial charge is 0.317 e. The zero-order chi connectivity index (χ0) is 14.8. The second-order valence-corrected chi connectivity index (χ2v) is 5.69. The van der Waals surface area contributed by atoms with Gasteiger partial charge in [0.25, 0.3) is 0 Å². The fraction of sp³-hybridized carbons (Fsp3) is 0.500. The summed E-state index contributed by atoms with van der Waals surface area (Å²) < 4.78 is 0. The lowest BCUT2D eigenvalue weighted by Crippen LogP contribution is -2.49. The summed E-state index contributed by atoms with van der Waals surface area (Å²) in [6.45, 7) is 3.10. The molecule has 7 heteroatoms. The van der Waals surface area contributed by atoms with Crippen molar-refractivity contribution in [2.75, 3.05) is 31.1 Å². The Morgan fingerprint density at radius 2 is 2.29 bits per heavy atom. The van der Waals surface area contributed by atoms with Gasteiger partial charge in [-0.3, -0.25) is 0 Å². The van der Waals surface area contributed by atoms with Crippen LogP contribution in [0.1, 0.15) is 18.5 Å². The van der Waals surface area contributed by atoms with Gasteiger partial charge in [0, 0.05) is 26.2 Å². The number of carbonyl (C=O) groups is 1. The van der Waals surface area contributed by atoms with E-state index in [1.54, 1.807) is 6.07 Å². The molecular weight excluding hydrogens is 290 g/mol. The quantitative estimate of drug-likeness (QED) is 0.901. The van der Waals surface area contributed by atoms with E-state index in [2.05, 4.69) is 15.2 Å². The number of hydrogen-bond donors (Lipinski definition) is 1. The van der Waals surface area contributed by atoms with E-state index < -0.39 is 0 Å². The molecule has 1 N–H and O–H groups in total. The first kappa shape index (κ1) is 14.0. The van der Waals surface area contributed by atoms with Crippen molar-refractivity contribution < 1.29 is 4.79 Å². The summed E-state index contributed by atoms with van der Waals surface area (Å²) in [4.78, 5) is 20.1. The Bertz CT molecular complexity index is 600. The minimum absolute atomic E-state index is 0.0172. The number of anilines is 1. The SMILES string of the molecule is N#Cc1nc(N2CCCC(N3CCNC3=O)C2)ccc1Cl. The minimum atomic E-state index is 0.0172. The van der Waals surface area contributed by atoms with E-state index in [4.69, 9.17) is 16.9 Å². The van der Waals surface area contributed by atoms with Crippen molar-refractivity contribution in [3.05, 3.63) is 22.8 Å². The van der Waals surface area contributed by atoms with Crippen LogP contribution in [0.4, 0.5) is 10.6 Å². The normalized spacial score (nSPS) is 22.1. The van der Waals surface area contributed by atoms with Crippen LogP contribution in [0, 0.1) is 11.3 Å². The van der Waals surface area contributed by atoms with Crippen LogP contribution in [0.25, 0.3) is 0 Å². The number of rotatable bonds is 2. The first-order valence-corrected chi connectivity index (χ1v) is 7.43. The van der Waals surface area contributed by atoms with Gasteiger partial charge in [-0.25, -0.2) is 9.78 Å². The van der Waals surface area contributed by atoms with Gasteiger partial charge in [0.05, 0.1) is 11.1 Å². The lowest BCUT2D eigenvalue weighted by Gasteiger charge is -2.37. The van der Waals surface area contributed by atoms with Crippen molar-refractivity contribution >= 4 is 23.4 Å². The second-order valence-electron chi connectivity index (χ2n) is 5.28. The molecule has 0 aromatic carbocycles. The van der Waals surface area contributed by atoms with Crippen molar-refractivity contribution in [1.82, 2.24) is 15.2 Å². The molecule has 2 saturated heterocycles. The van der Waals surface area contributed by atoms with Gasteiger partial charge in [-0.2, -0.15) is 5.26 Å². The molecule has 0 radical (unpaired) electrons. The number of nitriles is 1. The van der Waals surface area contributed by atoms with Crippen LogP contribution in [0.5, 0.6) is 0 Å². The lowest BCUT2D eigenvalue weighted by atomic mass is 10.0. The van der Waals surface area contributed by atoms with E-state index in [9.17, 15) is 4.79 Å². The number of carbonyl (C=O) groups excluding carboxylic acids is 1. The molecule has 1 aromatic heterocycles. The highest BCUT2D eigenvalue weighted by molar-refractivity contribution is 6.31. The predicted molar refractivity (Wildman–Crippen MR) is 79.3 cm³/mol. The molecule has 3 rings (SSSR count). The highest BCUT2D eigenvalue weighted by Crippen LogP contribution is 2.24. The number of aromatic nitrogens is 1. The largest absolute Gasteiger partial charge is 0.355 e. The Balaban J connectivity index is 1.77. The number of amides is 2. The maximum atomic E-state index is 11.8. The highest BCUT2D eigenvalue weighted by Gasteiger charge is 2.31. The third-order valence-corrected chi connectivity index (χ3v) is 4.29. The number of hydrogen-bond acceptors (Lipinski definition) is 4. The summed E-state index contributed by atoms with van der Waals surface area (Å²) in [5, 5.41) is 12.2. The number of pyridine rings is 1. The molecule has 6 nitrogen and oxygen atoms in total. The molecule has 0 aliphatic carbocycles. The van der Waals surface area contributed by atoms with Crippen LogP contribution in [-0.2, 0) is 0 Å². The van der Waals surface area contributed by atoms with Gasteiger partial charge in [0.2, 0.25) is 0 Å². The summed E-state index contributed by atoms with van der Waals surface area (Å²) in [5.41, 5.74) is 0.246. The Morgan fingerprint density at radius 3 is 3.00 bits per heavy atom. The van der Waals surface area contributed by atoms with Crippen molar-refractivity contribution in [2.24, 2.45) is 0 Å². The summed E-state index contributed by atoms with van der Waals surface area (Å²) in [6, 6.07) is 5.75. The van der Waals surface area contributed by atoms with Crippen LogP contribution in [0.3, 0.4) is 0 Å². The van der Waals surface area contributed by atoms with Crippen LogP contribution < -0.4 is 10.2 Å². The average Bonchev–Trinajstić information content (AvgIpc) is 2.94. The molecule has 0 spiro atoms. The Hall–Kier alpha value is -2.00. The van der Waals surface area contributed by atoms with Crippen molar-refractivity contribution in [3.8, 4) is 6.07 Å². The number of nitrogens with one attached hydrogen (secondary N) is 1. The van der Waals surface area contributed by atoms with Crippen LogP contribution >= 0.6 is 11.6 Å². The Kier molecular flexibility index (Phi) is 3.84. The summed E-state index contributed by atoms with van der Waals surface area (Å²) in [7, 11) is 0.